The van der Waals surface area contributed by atoms with Crippen molar-refractivity contribution >= 4 is 34.8 Å². The Morgan fingerprint density at radius 3 is 2.56 bits per heavy atom. The van der Waals surface area contributed by atoms with E-state index in [1.165, 1.54) is 4.40 Å². The lowest BCUT2D eigenvalue weighted by atomic mass is 9.97. The Balaban J connectivity index is 1.17. The molecule has 2 aliphatic rings. The summed E-state index contributed by atoms with van der Waals surface area (Å²) in [4.78, 5) is 34.0. The van der Waals surface area contributed by atoms with E-state index in [1.54, 1.807) is 12.4 Å². The van der Waals surface area contributed by atoms with Crippen LogP contribution in [-0.2, 0) is 17.9 Å². The van der Waals surface area contributed by atoms with Gasteiger partial charge in [0.1, 0.15) is 12.3 Å². The molecule has 3 aromatic heterocycles. The Labute approximate surface area is 269 Å². The predicted molar refractivity (Wildman–Crippen MR) is 176 cm³/mol. The van der Waals surface area contributed by atoms with E-state index in [1.807, 2.05) is 60.7 Å². The van der Waals surface area contributed by atoms with E-state index >= 15 is 0 Å². The fourth-order valence-corrected chi connectivity index (χ4v) is 6.50. The second kappa shape index (κ2) is 12.6. The molecule has 2 aromatic carbocycles. The molecular weight excluding hydrogens is 611 g/mol. The minimum absolute atomic E-state index is 0.0682. The molecule has 0 spiro atoms. The summed E-state index contributed by atoms with van der Waals surface area (Å²) in [6.07, 6.45) is 4.66. The van der Waals surface area contributed by atoms with E-state index in [2.05, 4.69) is 20.9 Å². The summed E-state index contributed by atoms with van der Waals surface area (Å²) in [6, 6.07) is 19.4. The summed E-state index contributed by atoms with van der Waals surface area (Å²) in [6.45, 7) is 2.99. The lowest BCUT2D eigenvalue weighted by Crippen LogP contribution is -2.36. The largest absolute Gasteiger partial charge is 0.476 e. The third-order valence-electron chi connectivity index (χ3n) is 8.22. The highest BCUT2D eigenvalue weighted by atomic mass is 35.5. The molecule has 3 N–H and O–H groups in total. The molecule has 228 valence electrons. The third kappa shape index (κ3) is 5.92. The number of nitrogens with one attached hydrogen (secondary N) is 3. The standard InChI is InChI=1S/C34H30Cl2N6O3/c35-31-24(20-11-13-42-29(15-20)39-18-22(34(42)44)17-38-19-23-8-10-30(43)40-23)3-1-4-25(31)26-5-2-6-27(32(26)36)28-9-7-21-16-37-12-14-45-33(21)41-28/h1-7,9,11,13,15,18,23,37-38H,8,10,12,14,16-17,19H2,(H,40,43)/t23-/m0/s1. The minimum atomic E-state index is -0.147. The Hall–Kier alpha value is -4.28. The average Bonchev–Trinajstić information content (AvgIpc) is 3.32. The van der Waals surface area contributed by atoms with E-state index in [9.17, 15) is 9.59 Å². The molecular formula is C34H30Cl2N6O3. The molecule has 5 heterocycles. The number of pyridine rings is 2. The van der Waals surface area contributed by atoms with Crippen LogP contribution in [0.4, 0.5) is 0 Å². The van der Waals surface area contributed by atoms with Gasteiger partial charge in [-0.15, -0.1) is 0 Å². The first-order chi connectivity index (χ1) is 22.0. The van der Waals surface area contributed by atoms with Crippen molar-refractivity contribution in [2.24, 2.45) is 0 Å². The summed E-state index contributed by atoms with van der Waals surface area (Å²) < 4.78 is 7.38. The van der Waals surface area contributed by atoms with Gasteiger partial charge in [-0.3, -0.25) is 14.0 Å². The van der Waals surface area contributed by atoms with Gasteiger partial charge in [0.05, 0.1) is 15.7 Å². The highest BCUT2D eigenvalue weighted by Crippen LogP contribution is 2.42. The van der Waals surface area contributed by atoms with Crippen molar-refractivity contribution < 1.29 is 9.53 Å². The SMILES string of the molecule is O=C1CC[C@@H](CNCc2cnc3cc(-c4cccc(-c5cccc(-c6ccc7c(n6)OCCNC7)c5Cl)c4Cl)ccn3c2=O)N1. The lowest BCUT2D eigenvalue weighted by molar-refractivity contribution is -0.119. The van der Waals surface area contributed by atoms with Gasteiger partial charge in [-0.1, -0.05) is 65.7 Å². The molecule has 45 heavy (non-hydrogen) atoms. The quantitative estimate of drug-likeness (QED) is 0.223. The fourth-order valence-electron chi connectivity index (χ4n) is 5.84. The molecule has 11 heteroatoms. The Kier molecular flexibility index (Phi) is 8.25. The van der Waals surface area contributed by atoms with Gasteiger partial charge in [0, 0.05) is 84.4 Å². The first-order valence-corrected chi connectivity index (χ1v) is 15.6. The van der Waals surface area contributed by atoms with Crippen LogP contribution < -0.4 is 26.2 Å². The molecule has 0 radical (unpaired) electrons. The smallest absolute Gasteiger partial charge is 0.262 e. The van der Waals surface area contributed by atoms with E-state index in [0.29, 0.717) is 59.8 Å². The highest BCUT2D eigenvalue weighted by molar-refractivity contribution is 6.39. The molecule has 0 unspecified atom stereocenters. The second-order valence-corrected chi connectivity index (χ2v) is 11.9. The van der Waals surface area contributed by atoms with Crippen molar-refractivity contribution in [3.05, 3.63) is 105 Å². The zero-order valence-corrected chi connectivity index (χ0v) is 25.8. The van der Waals surface area contributed by atoms with Gasteiger partial charge in [0.2, 0.25) is 11.8 Å². The number of hydrogen-bond acceptors (Lipinski definition) is 7. The summed E-state index contributed by atoms with van der Waals surface area (Å²) >= 11 is 14.1. The van der Waals surface area contributed by atoms with Gasteiger partial charge >= 0.3 is 0 Å². The zero-order chi connectivity index (χ0) is 30.9. The van der Waals surface area contributed by atoms with Crippen molar-refractivity contribution in [3.63, 3.8) is 0 Å². The number of nitrogens with zero attached hydrogens (tertiary/aromatic N) is 3. The van der Waals surface area contributed by atoms with Crippen LogP contribution >= 0.6 is 23.2 Å². The van der Waals surface area contributed by atoms with Gasteiger partial charge in [-0.2, -0.15) is 0 Å². The maximum absolute atomic E-state index is 13.2. The maximum atomic E-state index is 13.2. The van der Waals surface area contributed by atoms with Crippen LogP contribution in [0.2, 0.25) is 10.0 Å². The number of halogens is 2. The van der Waals surface area contributed by atoms with Crippen LogP contribution in [0.1, 0.15) is 24.0 Å². The number of hydrogen-bond donors (Lipinski definition) is 3. The van der Waals surface area contributed by atoms with Crippen LogP contribution in [0.5, 0.6) is 5.88 Å². The second-order valence-electron chi connectivity index (χ2n) is 11.2. The van der Waals surface area contributed by atoms with E-state index in [0.717, 1.165) is 52.0 Å². The highest BCUT2D eigenvalue weighted by Gasteiger charge is 2.21. The van der Waals surface area contributed by atoms with E-state index in [4.69, 9.17) is 32.9 Å². The Bertz CT molecular complexity index is 2000. The normalized spacial score (nSPS) is 16.2. The van der Waals surface area contributed by atoms with Crippen LogP contribution in [-0.4, -0.2) is 46.0 Å². The number of carbonyl (C=O) groups excluding carboxylic acids is 1. The number of aromatic nitrogens is 3. The van der Waals surface area contributed by atoms with E-state index < -0.39 is 0 Å². The summed E-state index contributed by atoms with van der Waals surface area (Å²) in [5.74, 6) is 0.684. The molecule has 0 saturated carbocycles. The fraction of sp³-hybridized carbons (Fsp3) is 0.235. The first kappa shape index (κ1) is 29.4. The monoisotopic (exact) mass is 640 g/mol. The number of ether oxygens (including phenoxy) is 1. The van der Waals surface area contributed by atoms with Crippen LogP contribution in [0.25, 0.3) is 39.2 Å². The van der Waals surface area contributed by atoms with E-state index in [-0.39, 0.29) is 17.5 Å². The van der Waals surface area contributed by atoms with Crippen molar-refractivity contribution in [2.45, 2.75) is 32.0 Å². The molecule has 9 nitrogen and oxygen atoms in total. The molecule has 1 atom stereocenters. The predicted octanol–water partition coefficient (Wildman–Crippen LogP) is 5.25. The van der Waals surface area contributed by atoms with Crippen molar-refractivity contribution in [3.8, 4) is 39.4 Å². The summed E-state index contributed by atoms with van der Waals surface area (Å²) in [7, 11) is 0. The van der Waals surface area contributed by atoms with Crippen LogP contribution in [0, 0.1) is 0 Å². The van der Waals surface area contributed by atoms with Gasteiger partial charge in [-0.05, 0) is 30.2 Å². The molecule has 0 bridgehead atoms. The number of rotatable bonds is 7. The van der Waals surface area contributed by atoms with Gasteiger partial charge in [-0.25, -0.2) is 9.97 Å². The van der Waals surface area contributed by atoms with Crippen LogP contribution in [0.3, 0.4) is 0 Å². The summed E-state index contributed by atoms with van der Waals surface area (Å²) in [5, 5.41) is 10.6. The molecule has 2 aliphatic heterocycles. The number of fused-ring (bicyclic) bond motifs is 2. The Morgan fingerprint density at radius 1 is 0.978 bits per heavy atom. The number of amides is 1. The van der Waals surface area contributed by atoms with Crippen molar-refractivity contribution in [1.82, 2.24) is 30.3 Å². The zero-order valence-electron chi connectivity index (χ0n) is 24.3. The summed E-state index contributed by atoms with van der Waals surface area (Å²) in [5.41, 5.74) is 6.60. The number of benzene rings is 2. The Morgan fingerprint density at radius 2 is 1.76 bits per heavy atom. The van der Waals surface area contributed by atoms with Crippen molar-refractivity contribution in [2.75, 3.05) is 19.7 Å². The van der Waals surface area contributed by atoms with Gasteiger partial charge in [0.25, 0.3) is 5.56 Å². The maximum Gasteiger partial charge on any atom is 0.262 e. The first-order valence-electron chi connectivity index (χ1n) is 14.9. The lowest BCUT2D eigenvalue weighted by Gasteiger charge is -2.15. The molecule has 0 aliphatic carbocycles. The minimum Gasteiger partial charge on any atom is -0.476 e. The molecule has 7 rings (SSSR count). The topological polar surface area (TPSA) is 110 Å². The average molecular weight is 642 g/mol. The van der Waals surface area contributed by atoms with Crippen LogP contribution in [0.15, 0.2) is 77.9 Å². The number of carbonyl (C=O) groups is 1. The third-order valence-corrected chi connectivity index (χ3v) is 9.03. The molecule has 1 fully saturated rings. The van der Waals surface area contributed by atoms with Crippen molar-refractivity contribution in [1.29, 1.82) is 0 Å². The van der Waals surface area contributed by atoms with Gasteiger partial charge < -0.3 is 20.7 Å². The molecule has 5 aromatic rings. The van der Waals surface area contributed by atoms with Gasteiger partial charge in [0.15, 0.2) is 0 Å². The molecule has 1 saturated heterocycles. The molecule has 1 amide bonds.